The molecule has 3 unspecified atom stereocenters. The van der Waals surface area contributed by atoms with Gasteiger partial charge in [0, 0.05) is 18.5 Å². The maximum absolute atomic E-state index is 13.4. The van der Waals surface area contributed by atoms with E-state index in [-0.39, 0.29) is 18.2 Å². The third-order valence-corrected chi connectivity index (χ3v) is 5.47. The summed E-state index contributed by atoms with van der Waals surface area (Å²) in [6.07, 6.45) is 3.21. The van der Waals surface area contributed by atoms with Crippen LogP contribution in [0.2, 0.25) is 0 Å². The van der Waals surface area contributed by atoms with Crippen LogP contribution in [0.1, 0.15) is 29.0 Å². The summed E-state index contributed by atoms with van der Waals surface area (Å²) in [5.74, 6) is 2.02. The largest absolute Gasteiger partial charge is 0.497 e. The lowest BCUT2D eigenvalue weighted by Crippen LogP contribution is -2.31. The molecule has 1 aliphatic heterocycles. The standard InChI is InChI=1S/C20H22FNO.ClH/c1-23-16-6-8-17-14(11-16)5-7-18-19(17)12-22-20(18)10-13-3-2-4-15(21)9-13;/h2-4,6,8-9,11,18-20,22H,5,7,10,12H2,1H3;1H. The lowest BCUT2D eigenvalue weighted by atomic mass is 9.73. The second-order valence-corrected chi connectivity index (χ2v) is 6.72. The van der Waals surface area contributed by atoms with Crippen LogP contribution in [0.5, 0.6) is 5.75 Å². The minimum absolute atomic E-state index is 0. The van der Waals surface area contributed by atoms with Crippen LogP contribution in [0.25, 0.3) is 0 Å². The second-order valence-electron chi connectivity index (χ2n) is 6.72. The first-order valence-electron chi connectivity index (χ1n) is 8.39. The fraction of sp³-hybridized carbons (Fsp3) is 0.400. The molecule has 1 heterocycles. The minimum Gasteiger partial charge on any atom is -0.497 e. The van der Waals surface area contributed by atoms with Gasteiger partial charge in [0.25, 0.3) is 0 Å². The molecule has 1 N–H and O–H groups in total. The van der Waals surface area contributed by atoms with Gasteiger partial charge < -0.3 is 10.1 Å². The van der Waals surface area contributed by atoms with Crippen LogP contribution in [0.4, 0.5) is 4.39 Å². The molecule has 4 heteroatoms. The van der Waals surface area contributed by atoms with Crippen LogP contribution in [0, 0.1) is 11.7 Å². The Hall–Kier alpha value is -1.58. The van der Waals surface area contributed by atoms with E-state index in [1.165, 1.54) is 23.6 Å². The van der Waals surface area contributed by atoms with E-state index in [1.807, 2.05) is 6.07 Å². The number of ether oxygens (including phenoxy) is 1. The van der Waals surface area contributed by atoms with Gasteiger partial charge in [-0.15, -0.1) is 12.4 Å². The van der Waals surface area contributed by atoms with Gasteiger partial charge in [-0.25, -0.2) is 4.39 Å². The molecule has 0 aromatic heterocycles. The van der Waals surface area contributed by atoms with E-state index in [4.69, 9.17) is 4.74 Å². The normalized spacial score (nSPS) is 24.7. The van der Waals surface area contributed by atoms with E-state index >= 15 is 0 Å². The highest BCUT2D eigenvalue weighted by Gasteiger charge is 2.39. The molecule has 0 saturated carbocycles. The highest BCUT2D eigenvalue weighted by Crippen LogP contribution is 2.42. The lowest BCUT2D eigenvalue weighted by Gasteiger charge is -2.31. The summed E-state index contributed by atoms with van der Waals surface area (Å²) in [5.41, 5.74) is 3.98. The molecule has 2 aliphatic rings. The molecule has 4 rings (SSSR count). The van der Waals surface area contributed by atoms with E-state index in [9.17, 15) is 4.39 Å². The van der Waals surface area contributed by atoms with Crippen molar-refractivity contribution in [3.8, 4) is 5.75 Å². The topological polar surface area (TPSA) is 21.3 Å². The zero-order valence-corrected chi connectivity index (χ0v) is 14.6. The molecule has 2 aromatic carbocycles. The van der Waals surface area contributed by atoms with E-state index in [0.717, 1.165) is 30.7 Å². The Morgan fingerprint density at radius 3 is 2.88 bits per heavy atom. The first-order chi connectivity index (χ1) is 11.2. The predicted octanol–water partition coefficient (Wildman–Crippen LogP) is 4.12. The fourth-order valence-electron chi connectivity index (χ4n) is 4.36. The highest BCUT2D eigenvalue weighted by molar-refractivity contribution is 5.85. The minimum atomic E-state index is -0.141. The van der Waals surface area contributed by atoms with Gasteiger partial charge in [0.15, 0.2) is 0 Å². The summed E-state index contributed by atoms with van der Waals surface area (Å²) in [6, 6.07) is 13.9. The van der Waals surface area contributed by atoms with Gasteiger partial charge in [0.1, 0.15) is 11.6 Å². The van der Waals surface area contributed by atoms with Crippen molar-refractivity contribution in [1.82, 2.24) is 5.32 Å². The number of fused-ring (bicyclic) bond motifs is 3. The Morgan fingerprint density at radius 1 is 1.21 bits per heavy atom. The third kappa shape index (κ3) is 3.15. The maximum atomic E-state index is 13.4. The summed E-state index contributed by atoms with van der Waals surface area (Å²) in [6.45, 7) is 1.02. The molecule has 2 aromatic rings. The number of rotatable bonds is 3. The Morgan fingerprint density at radius 2 is 2.08 bits per heavy atom. The first kappa shape index (κ1) is 17.2. The molecular weight excluding hydrogens is 325 g/mol. The zero-order chi connectivity index (χ0) is 15.8. The molecule has 1 aliphatic carbocycles. The number of methoxy groups -OCH3 is 1. The summed E-state index contributed by atoms with van der Waals surface area (Å²) >= 11 is 0. The van der Waals surface area contributed by atoms with Gasteiger partial charge in [-0.1, -0.05) is 18.2 Å². The molecule has 1 saturated heterocycles. The molecule has 0 bridgehead atoms. The molecule has 0 radical (unpaired) electrons. The zero-order valence-electron chi connectivity index (χ0n) is 13.8. The van der Waals surface area contributed by atoms with Gasteiger partial charge >= 0.3 is 0 Å². The van der Waals surface area contributed by atoms with Crippen molar-refractivity contribution in [2.75, 3.05) is 13.7 Å². The van der Waals surface area contributed by atoms with E-state index in [1.54, 1.807) is 19.2 Å². The summed E-state index contributed by atoms with van der Waals surface area (Å²) in [7, 11) is 1.72. The second kappa shape index (κ2) is 7.12. The lowest BCUT2D eigenvalue weighted by molar-refractivity contribution is 0.370. The van der Waals surface area contributed by atoms with Crippen molar-refractivity contribution in [3.05, 3.63) is 65.0 Å². The van der Waals surface area contributed by atoms with Crippen LogP contribution in [-0.2, 0) is 12.8 Å². The van der Waals surface area contributed by atoms with Crippen molar-refractivity contribution in [2.45, 2.75) is 31.2 Å². The van der Waals surface area contributed by atoms with Crippen LogP contribution in [-0.4, -0.2) is 19.7 Å². The molecule has 0 amide bonds. The van der Waals surface area contributed by atoms with Crippen molar-refractivity contribution < 1.29 is 9.13 Å². The monoisotopic (exact) mass is 347 g/mol. The smallest absolute Gasteiger partial charge is 0.123 e. The Kier molecular flexibility index (Phi) is 5.12. The quantitative estimate of drug-likeness (QED) is 0.902. The van der Waals surface area contributed by atoms with E-state index in [0.29, 0.717) is 17.9 Å². The first-order valence-corrected chi connectivity index (χ1v) is 8.39. The number of hydrogen-bond donors (Lipinski definition) is 1. The predicted molar refractivity (Wildman–Crippen MR) is 96.7 cm³/mol. The highest BCUT2D eigenvalue weighted by atomic mass is 35.5. The number of hydrogen-bond acceptors (Lipinski definition) is 2. The van der Waals surface area contributed by atoms with Crippen molar-refractivity contribution in [2.24, 2.45) is 5.92 Å². The molecule has 3 atom stereocenters. The Labute approximate surface area is 148 Å². The summed E-state index contributed by atoms with van der Waals surface area (Å²) in [4.78, 5) is 0. The summed E-state index contributed by atoms with van der Waals surface area (Å²) < 4.78 is 18.8. The van der Waals surface area contributed by atoms with Gasteiger partial charge in [-0.3, -0.25) is 0 Å². The number of nitrogens with one attached hydrogen (secondary N) is 1. The van der Waals surface area contributed by atoms with Crippen LogP contribution >= 0.6 is 12.4 Å². The van der Waals surface area contributed by atoms with Gasteiger partial charge in [0.2, 0.25) is 0 Å². The average molecular weight is 348 g/mol. The van der Waals surface area contributed by atoms with Gasteiger partial charge in [-0.05, 0) is 66.1 Å². The third-order valence-electron chi connectivity index (χ3n) is 5.47. The SMILES string of the molecule is COc1ccc2c(c1)CCC1C(Cc3cccc(F)c3)NCC21.Cl. The number of aryl methyl sites for hydroxylation is 1. The van der Waals surface area contributed by atoms with E-state index in [2.05, 4.69) is 23.5 Å². The summed E-state index contributed by atoms with van der Waals surface area (Å²) in [5, 5.41) is 3.68. The molecular formula is C20H23ClFNO. The fourth-order valence-corrected chi connectivity index (χ4v) is 4.36. The number of halogens is 2. The van der Waals surface area contributed by atoms with E-state index < -0.39 is 0 Å². The molecule has 24 heavy (non-hydrogen) atoms. The van der Waals surface area contributed by atoms with Crippen molar-refractivity contribution in [3.63, 3.8) is 0 Å². The van der Waals surface area contributed by atoms with Crippen molar-refractivity contribution >= 4 is 12.4 Å². The van der Waals surface area contributed by atoms with Gasteiger partial charge in [-0.2, -0.15) is 0 Å². The maximum Gasteiger partial charge on any atom is 0.123 e. The van der Waals surface area contributed by atoms with Gasteiger partial charge in [0.05, 0.1) is 7.11 Å². The average Bonchev–Trinajstić information content (AvgIpc) is 2.97. The molecule has 2 nitrogen and oxygen atoms in total. The van der Waals surface area contributed by atoms with Crippen LogP contribution in [0.3, 0.4) is 0 Å². The Balaban J connectivity index is 0.00000169. The molecule has 1 fully saturated rings. The van der Waals surface area contributed by atoms with Crippen molar-refractivity contribution in [1.29, 1.82) is 0 Å². The van der Waals surface area contributed by atoms with Crippen LogP contribution in [0.15, 0.2) is 42.5 Å². The Bertz CT molecular complexity index is 721. The molecule has 128 valence electrons. The van der Waals surface area contributed by atoms with Crippen LogP contribution < -0.4 is 10.1 Å². The number of benzene rings is 2. The molecule has 0 spiro atoms.